The summed E-state index contributed by atoms with van der Waals surface area (Å²) in [4.78, 5) is 11.9. The van der Waals surface area contributed by atoms with Gasteiger partial charge in [0, 0.05) is 12.1 Å². The number of rotatable bonds is 7. The zero-order valence-electron chi connectivity index (χ0n) is 12.6. The Balaban J connectivity index is 1.99. The van der Waals surface area contributed by atoms with Crippen LogP contribution in [-0.2, 0) is 4.79 Å². The van der Waals surface area contributed by atoms with Crippen LogP contribution in [0.25, 0.3) is 0 Å². The number of nitrogens with two attached hydrogens (primary N) is 1. The van der Waals surface area contributed by atoms with Crippen molar-refractivity contribution in [2.75, 3.05) is 13.1 Å². The summed E-state index contributed by atoms with van der Waals surface area (Å²) in [6.45, 7) is 5.26. The number of furan rings is 1. The zero-order valence-corrected chi connectivity index (χ0v) is 12.6. The number of benzene rings is 1. The summed E-state index contributed by atoms with van der Waals surface area (Å²) in [5, 5.41) is 4.94. The number of quaternary nitrogens is 1. The summed E-state index contributed by atoms with van der Waals surface area (Å²) in [5.74, 6) is 1.37. The van der Waals surface area contributed by atoms with Crippen LogP contribution in [0, 0.1) is 5.92 Å². The Morgan fingerprint density at radius 1 is 1.19 bits per heavy atom. The fourth-order valence-corrected chi connectivity index (χ4v) is 2.16. The highest BCUT2D eigenvalue weighted by atomic mass is 16.3. The highest BCUT2D eigenvalue weighted by Crippen LogP contribution is 2.18. The summed E-state index contributed by atoms with van der Waals surface area (Å²) in [6.07, 6.45) is 1.66. The quantitative estimate of drug-likeness (QED) is 0.814. The number of hydrogen-bond acceptors (Lipinski definition) is 2. The molecule has 1 atom stereocenters. The minimum atomic E-state index is 0.00556. The molecule has 4 nitrogen and oxygen atoms in total. The van der Waals surface area contributed by atoms with Crippen LogP contribution in [0.5, 0.6) is 0 Å². The summed E-state index contributed by atoms with van der Waals surface area (Å²) >= 11 is 0. The van der Waals surface area contributed by atoms with Crippen LogP contribution in [0.1, 0.15) is 31.2 Å². The summed E-state index contributed by atoms with van der Waals surface area (Å²) in [7, 11) is 0. The Labute approximate surface area is 125 Å². The van der Waals surface area contributed by atoms with Crippen LogP contribution < -0.4 is 10.6 Å². The molecule has 1 aromatic carbocycles. The normalized spacial score (nSPS) is 12.3. The standard InChI is InChI=1S/C17H22N2O2/c1-13(2)11-18-16(20)12-19-17(15-9-6-10-21-15)14-7-4-3-5-8-14/h3-10,13,17,19H,11-12H2,1-2H3,(H,18,20)/p+1/t17-/m1/s1. The first-order valence-corrected chi connectivity index (χ1v) is 7.35. The van der Waals surface area contributed by atoms with Gasteiger partial charge in [0.05, 0.1) is 6.26 Å². The molecule has 0 bridgehead atoms. The van der Waals surface area contributed by atoms with E-state index in [1.165, 1.54) is 0 Å². The average Bonchev–Trinajstić information content (AvgIpc) is 3.00. The molecule has 1 aromatic heterocycles. The molecule has 0 fully saturated rings. The van der Waals surface area contributed by atoms with Gasteiger partial charge in [0.2, 0.25) is 0 Å². The van der Waals surface area contributed by atoms with Crippen molar-refractivity contribution in [2.24, 2.45) is 5.92 Å². The lowest BCUT2D eigenvalue weighted by molar-refractivity contribution is -0.678. The van der Waals surface area contributed by atoms with Gasteiger partial charge in [-0.15, -0.1) is 0 Å². The maximum atomic E-state index is 11.9. The van der Waals surface area contributed by atoms with Crippen molar-refractivity contribution < 1.29 is 14.5 Å². The van der Waals surface area contributed by atoms with Crippen molar-refractivity contribution in [1.82, 2.24) is 5.32 Å². The first-order valence-electron chi connectivity index (χ1n) is 7.35. The summed E-state index contributed by atoms with van der Waals surface area (Å²) in [5.41, 5.74) is 1.13. The van der Waals surface area contributed by atoms with Gasteiger partial charge in [0.25, 0.3) is 5.91 Å². The number of hydrogen-bond donors (Lipinski definition) is 2. The molecule has 0 aliphatic carbocycles. The molecule has 0 saturated heterocycles. The molecule has 2 aromatic rings. The van der Waals surface area contributed by atoms with Gasteiger partial charge >= 0.3 is 0 Å². The smallest absolute Gasteiger partial charge is 0.275 e. The molecule has 0 aliphatic rings. The van der Waals surface area contributed by atoms with Crippen LogP contribution in [0.3, 0.4) is 0 Å². The van der Waals surface area contributed by atoms with Gasteiger partial charge in [-0.05, 0) is 18.1 Å². The highest BCUT2D eigenvalue weighted by molar-refractivity contribution is 5.76. The second-order valence-corrected chi connectivity index (χ2v) is 5.54. The molecular formula is C17H23N2O2+. The second-order valence-electron chi connectivity index (χ2n) is 5.54. The average molecular weight is 287 g/mol. The number of nitrogens with one attached hydrogen (secondary N) is 1. The minimum absolute atomic E-state index is 0.00556. The van der Waals surface area contributed by atoms with Gasteiger partial charge in [-0.25, -0.2) is 0 Å². The summed E-state index contributed by atoms with van der Waals surface area (Å²) < 4.78 is 5.52. The van der Waals surface area contributed by atoms with Gasteiger partial charge in [0.1, 0.15) is 0 Å². The fraction of sp³-hybridized carbons (Fsp3) is 0.353. The van der Waals surface area contributed by atoms with Gasteiger partial charge in [-0.3, -0.25) is 4.79 Å². The SMILES string of the molecule is CC(C)CNC(=O)C[NH2+][C@H](c1ccccc1)c1ccco1. The van der Waals surface area contributed by atoms with Crippen molar-refractivity contribution in [3.05, 3.63) is 60.1 Å². The molecule has 0 radical (unpaired) electrons. The fourth-order valence-electron chi connectivity index (χ4n) is 2.16. The molecule has 0 saturated carbocycles. The van der Waals surface area contributed by atoms with E-state index in [-0.39, 0.29) is 11.9 Å². The first-order chi connectivity index (χ1) is 10.2. The van der Waals surface area contributed by atoms with Crippen molar-refractivity contribution in [1.29, 1.82) is 0 Å². The van der Waals surface area contributed by atoms with E-state index in [1.54, 1.807) is 6.26 Å². The first kappa shape index (κ1) is 15.3. The number of carbonyl (C=O) groups excluding carboxylic acids is 1. The van der Waals surface area contributed by atoms with Crippen molar-refractivity contribution in [2.45, 2.75) is 19.9 Å². The van der Waals surface area contributed by atoms with E-state index in [0.717, 1.165) is 11.3 Å². The van der Waals surface area contributed by atoms with Gasteiger partial charge in [0.15, 0.2) is 18.3 Å². The number of amides is 1. The third kappa shape index (κ3) is 4.76. The zero-order chi connectivity index (χ0) is 15.1. The Kier molecular flexibility index (Phi) is 5.58. The molecule has 21 heavy (non-hydrogen) atoms. The Morgan fingerprint density at radius 3 is 2.57 bits per heavy atom. The lowest BCUT2D eigenvalue weighted by atomic mass is 10.0. The third-order valence-electron chi connectivity index (χ3n) is 3.25. The maximum Gasteiger partial charge on any atom is 0.275 e. The van der Waals surface area contributed by atoms with Crippen LogP contribution in [0.2, 0.25) is 0 Å². The van der Waals surface area contributed by atoms with E-state index in [4.69, 9.17) is 4.42 Å². The molecule has 1 amide bonds. The topological polar surface area (TPSA) is 58.9 Å². The maximum absolute atomic E-state index is 11.9. The van der Waals surface area contributed by atoms with Crippen molar-refractivity contribution >= 4 is 5.91 Å². The Morgan fingerprint density at radius 2 is 1.95 bits per heavy atom. The van der Waals surface area contributed by atoms with E-state index in [1.807, 2.05) is 35.6 Å². The van der Waals surface area contributed by atoms with Crippen molar-refractivity contribution in [3.8, 4) is 0 Å². The predicted molar refractivity (Wildman–Crippen MR) is 81.6 cm³/mol. The molecule has 0 unspecified atom stereocenters. The van der Waals surface area contributed by atoms with E-state index >= 15 is 0 Å². The molecule has 0 aliphatic heterocycles. The van der Waals surface area contributed by atoms with E-state index in [9.17, 15) is 4.79 Å². The third-order valence-corrected chi connectivity index (χ3v) is 3.25. The monoisotopic (exact) mass is 287 g/mol. The van der Waals surface area contributed by atoms with Crippen LogP contribution in [0.4, 0.5) is 0 Å². The lowest BCUT2D eigenvalue weighted by Gasteiger charge is -2.14. The minimum Gasteiger partial charge on any atom is -0.463 e. The highest BCUT2D eigenvalue weighted by Gasteiger charge is 2.21. The molecule has 4 heteroatoms. The van der Waals surface area contributed by atoms with Crippen LogP contribution in [-0.4, -0.2) is 19.0 Å². The predicted octanol–water partition coefficient (Wildman–Crippen LogP) is 1.70. The van der Waals surface area contributed by atoms with E-state index < -0.39 is 0 Å². The Hall–Kier alpha value is -2.07. The lowest BCUT2D eigenvalue weighted by Crippen LogP contribution is -2.87. The van der Waals surface area contributed by atoms with Gasteiger partial charge in [-0.2, -0.15) is 0 Å². The second kappa shape index (κ2) is 7.64. The largest absolute Gasteiger partial charge is 0.463 e. The van der Waals surface area contributed by atoms with Gasteiger partial charge < -0.3 is 15.1 Å². The molecular weight excluding hydrogens is 264 g/mol. The van der Waals surface area contributed by atoms with Crippen LogP contribution >= 0.6 is 0 Å². The molecule has 1 heterocycles. The molecule has 3 N–H and O–H groups in total. The van der Waals surface area contributed by atoms with Crippen LogP contribution in [0.15, 0.2) is 53.1 Å². The number of carbonyl (C=O) groups is 1. The Bertz CT molecular complexity index is 535. The van der Waals surface area contributed by atoms with E-state index in [0.29, 0.717) is 19.0 Å². The molecule has 112 valence electrons. The molecule has 0 spiro atoms. The summed E-state index contributed by atoms with van der Waals surface area (Å²) in [6, 6.07) is 13.9. The van der Waals surface area contributed by atoms with Gasteiger partial charge in [-0.1, -0.05) is 44.2 Å². The van der Waals surface area contributed by atoms with E-state index in [2.05, 4.69) is 31.3 Å². The molecule has 2 rings (SSSR count). The van der Waals surface area contributed by atoms with Crippen molar-refractivity contribution in [3.63, 3.8) is 0 Å².